The number of esters is 1. The molecule has 0 bridgehead atoms. The highest BCUT2D eigenvalue weighted by atomic mass is 19.1. The zero-order valence-electron chi connectivity index (χ0n) is 17.5. The first-order valence-corrected chi connectivity index (χ1v) is 9.71. The number of amides is 2. The molecule has 1 atom stereocenters. The summed E-state index contributed by atoms with van der Waals surface area (Å²) in [6.07, 6.45) is 0. The maximum Gasteiger partial charge on any atom is 0.338 e. The molecular formula is C23H25FN2O4. The Kier molecular flexibility index (Phi) is 6.40. The van der Waals surface area contributed by atoms with Gasteiger partial charge in [0.05, 0.1) is 23.9 Å². The highest BCUT2D eigenvalue weighted by molar-refractivity contribution is 5.95. The van der Waals surface area contributed by atoms with Gasteiger partial charge < -0.3 is 14.8 Å². The van der Waals surface area contributed by atoms with Crippen molar-refractivity contribution in [1.82, 2.24) is 10.2 Å². The molecule has 1 aliphatic heterocycles. The van der Waals surface area contributed by atoms with Gasteiger partial charge in [-0.25, -0.2) is 14.0 Å². The summed E-state index contributed by atoms with van der Waals surface area (Å²) in [5.74, 6) is -0.332. The first-order valence-electron chi connectivity index (χ1n) is 9.71. The molecule has 2 amide bonds. The quantitative estimate of drug-likeness (QED) is 0.728. The number of likely N-dealkylation sites (N-methyl/N-ethyl adjacent to an activating group) is 1. The van der Waals surface area contributed by atoms with Crippen LogP contribution < -0.4 is 10.1 Å². The van der Waals surface area contributed by atoms with E-state index in [2.05, 4.69) is 5.32 Å². The monoisotopic (exact) mass is 412 g/mol. The van der Waals surface area contributed by atoms with Gasteiger partial charge in [0, 0.05) is 7.05 Å². The number of hydrogen-bond acceptors (Lipinski definition) is 4. The van der Waals surface area contributed by atoms with Crippen LogP contribution in [0.1, 0.15) is 29.7 Å². The predicted molar refractivity (Wildman–Crippen MR) is 111 cm³/mol. The Morgan fingerprint density at radius 1 is 1.13 bits per heavy atom. The molecule has 0 aliphatic carbocycles. The Morgan fingerprint density at radius 3 is 2.47 bits per heavy atom. The molecule has 1 N–H and O–H groups in total. The van der Waals surface area contributed by atoms with Crippen molar-refractivity contribution >= 4 is 12.0 Å². The highest BCUT2D eigenvalue weighted by Crippen LogP contribution is 2.31. The summed E-state index contributed by atoms with van der Waals surface area (Å²) < 4.78 is 24.6. The molecule has 0 saturated heterocycles. The number of carbonyl (C=O) groups is 2. The second-order valence-corrected chi connectivity index (χ2v) is 7.11. The standard InChI is InChI=1S/C23H25FN2O4/c1-5-29-22(27)20-19(13-30-18-11-6-14(2)15(3)12-18)26(4)23(28)25-21(20)16-7-9-17(24)10-8-16/h6-12,21H,5,13H2,1-4H3,(H,25,28)/t21-/m0/s1. The Morgan fingerprint density at radius 2 is 1.83 bits per heavy atom. The molecular weight excluding hydrogens is 387 g/mol. The number of ether oxygens (including phenoxy) is 2. The van der Waals surface area contributed by atoms with Crippen molar-refractivity contribution in [3.8, 4) is 5.75 Å². The van der Waals surface area contributed by atoms with Crippen LogP contribution in [0.25, 0.3) is 0 Å². The van der Waals surface area contributed by atoms with Crippen molar-refractivity contribution in [2.45, 2.75) is 26.8 Å². The van der Waals surface area contributed by atoms with Crippen LogP contribution in [0, 0.1) is 19.7 Å². The predicted octanol–water partition coefficient (Wildman–Crippen LogP) is 4.03. The van der Waals surface area contributed by atoms with E-state index < -0.39 is 23.9 Å². The van der Waals surface area contributed by atoms with Gasteiger partial charge in [-0.3, -0.25) is 4.90 Å². The van der Waals surface area contributed by atoms with E-state index in [0.717, 1.165) is 11.1 Å². The largest absolute Gasteiger partial charge is 0.487 e. The van der Waals surface area contributed by atoms with E-state index in [-0.39, 0.29) is 18.8 Å². The lowest BCUT2D eigenvalue weighted by Crippen LogP contribution is -2.48. The molecule has 1 heterocycles. The van der Waals surface area contributed by atoms with Gasteiger partial charge in [-0.15, -0.1) is 0 Å². The van der Waals surface area contributed by atoms with Gasteiger partial charge in [0.15, 0.2) is 0 Å². The van der Waals surface area contributed by atoms with Gasteiger partial charge in [-0.05, 0) is 61.7 Å². The smallest absolute Gasteiger partial charge is 0.338 e. The lowest BCUT2D eigenvalue weighted by Gasteiger charge is -2.34. The summed E-state index contributed by atoms with van der Waals surface area (Å²) in [6, 6.07) is 10.2. The summed E-state index contributed by atoms with van der Waals surface area (Å²) in [5, 5.41) is 2.79. The van der Waals surface area contributed by atoms with Gasteiger partial charge in [-0.2, -0.15) is 0 Å². The number of carbonyl (C=O) groups excluding carboxylic acids is 2. The minimum absolute atomic E-state index is 0.00172. The van der Waals surface area contributed by atoms with Gasteiger partial charge in [-0.1, -0.05) is 18.2 Å². The third kappa shape index (κ3) is 4.45. The molecule has 7 heteroatoms. The lowest BCUT2D eigenvalue weighted by atomic mass is 9.94. The Bertz CT molecular complexity index is 985. The Labute approximate surface area is 175 Å². The van der Waals surface area contributed by atoms with E-state index in [1.54, 1.807) is 14.0 Å². The highest BCUT2D eigenvalue weighted by Gasteiger charge is 2.37. The molecule has 158 valence electrons. The second-order valence-electron chi connectivity index (χ2n) is 7.11. The molecule has 0 saturated carbocycles. The number of benzene rings is 2. The van der Waals surface area contributed by atoms with Crippen molar-refractivity contribution in [3.05, 3.63) is 76.2 Å². The third-order valence-electron chi connectivity index (χ3n) is 5.13. The number of urea groups is 1. The molecule has 0 aromatic heterocycles. The topological polar surface area (TPSA) is 67.9 Å². The fourth-order valence-electron chi connectivity index (χ4n) is 3.24. The van der Waals surface area contributed by atoms with Gasteiger partial charge in [0.2, 0.25) is 0 Å². The zero-order chi connectivity index (χ0) is 21.8. The van der Waals surface area contributed by atoms with Crippen LogP contribution in [0.2, 0.25) is 0 Å². The maximum absolute atomic E-state index is 13.4. The molecule has 2 aromatic carbocycles. The summed E-state index contributed by atoms with van der Waals surface area (Å²) >= 11 is 0. The molecule has 6 nitrogen and oxygen atoms in total. The van der Waals surface area contributed by atoms with Crippen LogP contribution in [0.15, 0.2) is 53.7 Å². The average molecular weight is 412 g/mol. The van der Waals surface area contributed by atoms with Crippen molar-refractivity contribution in [1.29, 1.82) is 0 Å². The molecule has 3 rings (SSSR count). The van der Waals surface area contributed by atoms with Crippen LogP contribution in [0.3, 0.4) is 0 Å². The number of rotatable bonds is 6. The van der Waals surface area contributed by atoms with Crippen molar-refractivity contribution in [2.24, 2.45) is 0 Å². The molecule has 30 heavy (non-hydrogen) atoms. The SMILES string of the molecule is CCOC(=O)C1=C(COc2ccc(C)c(C)c2)N(C)C(=O)N[C@H]1c1ccc(F)cc1. The number of nitrogens with zero attached hydrogens (tertiary/aromatic N) is 1. The van der Waals surface area contributed by atoms with E-state index in [4.69, 9.17) is 9.47 Å². The zero-order valence-corrected chi connectivity index (χ0v) is 17.5. The molecule has 2 aromatic rings. The number of aryl methyl sites for hydroxylation is 2. The summed E-state index contributed by atoms with van der Waals surface area (Å²) in [6.45, 7) is 5.88. The Balaban J connectivity index is 2.01. The molecule has 0 fully saturated rings. The summed E-state index contributed by atoms with van der Waals surface area (Å²) in [7, 11) is 1.56. The van der Waals surface area contributed by atoms with Crippen LogP contribution in [-0.2, 0) is 9.53 Å². The van der Waals surface area contributed by atoms with E-state index in [1.807, 2.05) is 32.0 Å². The fraction of sp³-hybridized carbons (Fsp3) is 0.304. The minimum atomic E-state index is -0.772. The lowest BCUT2D eigenvalue weighted by molar-refractivity contribution is -0.139. The number of hydrogen-bond donors (Lipinski definition) is 1. The fourth-order valence-corrected chi connectivity index (χ4v) is 3.24. The minimum Gasteiger partial charge on any atom is -0.487 e. The molecule has 0 spiro atoms. The summed E-state index contributed by atoms with van der Waals surface area (Å²) in [5.41, 5.74) is 3.44. The molecule has 0 radical (unpaired) electrons. The van der Waals surface area contributed by atoms with Crippen LogP contribution in [0.4, 0.5) is 9.18 Å². The van der Waals surface area contributed by atoms with Gasteiger partial charge in [0.1, 0.15) is 18.2 Å². The van der Waals surface area contributed by atoms with Crippen molar-refractivity contribution < 1.29 is 23.5 Å². The van der Waals surface area contributed by atoms with Gasteiger partial charge >= 0.3 is 12.0 Å². The molecule has 1 aliphatic rings. The van der Waals surface area contributed by atoms with Crippen LogP contribution in [-0.4, -0.2) is 37.2 Å². The number of nitrogens with one attached hydrogen (secondary N) is 1. The van der Waals surface area contributed by atoms with E-state index >= 15 is 0 Å². The van der Waals surface area contributed by atoms with Crippen molar-refractivity contribution in [3.63, 3.8) is 0 Å². The van der Waals surface area contributed by atoms with E-state index in [0.29, 0.717) is 17.0 Å². The van der Waals surface area contributed by atoms with E-state index in [1.165, 1.54) is 29.2 Å². The average Bonchev–Trinajstić information content (AvgIpc) is 2.72. The molecule has 0 unspecified atom stereocenters. The van der Waals surface area contributed by atoms with Crippen LogP contribution in [0.5, 0.6) is 5.75 Å². The Hall–Kier alpha value is -3.35. The summed E-state index contributed by atoms with van der Waals surface area (Å²) in [4.78, 5) is 26.8. The normalized spacial score (nSPS) is 16.4. The second kappa shape index (κ2) is 8.98. The van der Waals surface area contributed by atoms with Crippen molar-refractivity contribution in [2.75, 3.05) is 20.3 Å². The first-order chi connectivity index (χ1) is 14.3. The van der Waals surface area contributed by atoms with E-state index in [9.17, 15) is 14.0 Å². The maximum atomic E-state index is 13.4. The first kappa shape index (κ1) is 21.4. The third-order valence-corrected chi connectivity index (χ3v) is 5.13. The van der Waals surface area contributed by atoms with Crippen LogP contribution >= 0.6 is 0 Å². The van der Waals surface area contributed by atoms with Gasteiger partial charge in [0.25, 0.3) is 0 Å². The number of halogens is 1.